The van der Waals surface area contributed by atoms with Crippen molar-refractivity contribution in [2.24, 2.45) is 0 Å². The molecule has 68 valence electrons. The Kier molecular flexibility index (Phi) is 3.99. The number of nitrogens with one attached hydrogen (secondary N) is 1. The summed E-state index contributed by atoms with van der Waals surface area (Å²) in [5, 5.41) is -0.516. The zero-order valence-electron chi connectivity index (χ0n) is 7.29. The Morgan fingerprint density at radius 3 is 2.09 bits per heavy atom. The van der Waals surface area contributed by atoms with E-state index in [9.17, 15) is 8.42 Å². The summed E-state index contributed by atoms with van der Waals surface area (Å²) in [6, 6.07) is 0. The lowest BCUT2D eigenvalue weighted by atomic mass is 10.3. The quantitative estimate of drug-likeness (QED) is 0.662. The fourth-order valence-corrected chi connectivity index (χ4v) is 1.62. The fraction of sp³-hybridized carbons (Fsp3) is 1.00. The highest BCUT2D eigenvalue weighted by atomic mass is 32.2. The molecule has 0 saturated heterocycles. The van der Waals surface area contributed by atoms with Crippen LogP contribution in [0.25, 0.3) is 0 Å². The molecule has 0 radical (unpaired) electrons. The molecule has 0 saturated carbocycles. The predicted molar refractivity (Wildman–Crippen MR) is 43.9 cm³/mol. The van der Waals surface area contributed by atoms with Gasteiger partial charge in [-0.3, -0.25) is 0 Å². The average Bonchev–Trinajstić information content (AvgIpc) is 2.01. The number of methoxy groups -OCH3 is 1. The number of rotatable bonds is 4. The number of ether oxygens (including phenoxy) is 1. The van der Waals surface area contributed by atoms with Gasteiger partial charge in [-0.2, -0.15) is 0 Å². The molecule has 4 nitrogen and oxygen atoms in total. The molecule has 0 aliphatic heterocycles. The molecule has 0 fully saturated rings. The summed E-state index contributed by atoms with van der Waals surface area (Å²) in [4.78, 5) is 0. The van der Waals surface area contributed by atoms with Gasteiger partial charge >= 0.3 is 0 Å². The highest BCUT2D eigenvalue weighted by molar-refractivity contribution is 7.90. The van der Waals surface area contributed by atoms with Crippen LogP contribution >= 0.6 is 0 Å². The van der Waals surface area contributed by atoms with Gasteiger partial charge in [-0.1, -0.05) is 0 Å². The highest BCUT2D eigenvalue weighted by Gasteiger charge is 2.24. The third-order valence-electron chi connectivity index (χ3n) is 1.81. The Hall–Kier alpha value is -0.130. The summed E-state index contributed by atoms with van der Waals surface area (Å²) in [6.45, 7) is 3.33. The molecule has 2 atom stereocenters. The van der Waals surface area contributed by atoms with Gasteiger partial charge in [-0.15, -0.1) is 0 Å². The monoisotopic (exact) mass is 181 g/mol. The van der Waals surface area contributed by atoms with Crippen molar-refractivity contribution in [2.75, 3.05) is 14.2 Å². The molecule has 5 heteroatoms. The highest BCUT2D eigenvalue weighted by Crippen LogP contribution is 2.05. The molecule has 1 N–H and O–H groups in total. The van der Waals surface area contributed by atoms with E-state index in [0.29, 0.717) is 0 Å². The Morgan fingerprint density at radius 1 is 1.36 bits per heavy atom. The van der Waals surface area contributed by atoms with E-state index in [2.05, 4.69) is 4.72 Å². The Morgan fingerprint density at radius 2 is 1.82 bits per heavy atom. The molecule has 0 amide bonds. The second kappa shape index (κ2) is 4.04. The molecule has 0 aliphatic rings. The molecule has 0 aromatic carbocycles. The lowest BCUT2D eigenvalue weighted by Crippen LogP contribution is -2.37. The minimum absolute atomic E-state index is 0.285. The van der Waals surface area contributed by atoms with Crippen molar-refractivity contribution in [3.8, 4) is 0 Å². The molecule has 0 rings (SSSR count). The first-order valence-corrected chi connectivity index (χ1v) is 4.95. The minimum Gasteiger partial charge on any atom is -0.380 e. The largest absolute Gasteiger partial charge is 0.380 e. The van der Waals surface area contributed by atoms with Crippen molar-refractivity contribution in [3.63, 3.8) is 0 Å². The molecule has 0 bridgehead atoms. The van der Waals surface area contributed by atoms with E-state index in [1.54, 1.807) is 13.8 Å². The molecule has 2 unspecified atom stereocenters. The van der Waals surface area contributed by atoms with Crippen molar-refractivity contribution >= 4 is 10.0 Å². The van der Waals surface area contributed by atoms with Gasteiger partial charge in [-0.25, -0.2) is 13.1 Å². The van der Waals surface area contributed by atoms with Gasteiger partial charge in [0.05, 0.1) is 11.4 Å². The molecule has 0 heterocycles. The van der Waals surface area contributed by atoms with Crippen molar-refractivity contribution in [2.45, 2.75) is 25.2 Å². The lowest BCUT2D eigenvalue weighted by molar-refractivity contribution is 0.117. The predicted octanol–water partition coefficient (Wildman–Crippen LogP) is -0.0410. The number of hydrogen-bond acceptors (Lipinski definition) is 3. The third-order valence-corrected chi connectivity index (χ3v) is 3.74. The fourth-order valence-electron chi connectivity index (χ4n) is 0.630. The number of sulfonamides is 1. The summed E-state index contributed by atoms with van der Waals surface area (Å²) in [6.07, 6.45) is -0.285. The van der Waals surface area contributed by atoms with Crippen LogP contribution in [0.5, 0.6) is 0 Å². The molecule has 0 aromatic heterocycles. The summed E-state index contributed by atoms with van der Waals surface area (Å²) < 4.78 is 29.3. The van der Waals surface area contributed by atoms with Gasteiger partial charge in [0.15, 0.2) is 0 Å². The van der Waals surface area contributed by atoms with Crippen LogP contribution in [0.4, 0.5) is 0 Å². The Labute approximate surface area is 68.0 Å². The van der Waals surface area contributed by atoms with E-state index in [0.717, 1.165) is 0 Å². The molecular weight excluding hydrogens is 166 g/mol. The van der Waals surface area contributed by atoms with Crippen molar-refractivity contribution in [3.05, 3.63) is 0 Å². The van der Waals surface area contributed by atoms with Crippen molar-refractivity contribution in [1.29, 1.82) is 0 Å². The topological polar surface area (TPSA) is 55.4 Å². The molecule has 0 aromatic rings. The van der Waals surface area contributed by atoms with Crippen LogP contribution in [0.2, 0.25) is 0 Å². The van der Waals surface area contributed by atoms with Crippen LogP contribution in [-0.4, -0.2) is 33.9 Å². The molecular formula is C6H15NO3S. The van der Waals surface area contributed by atoms with E-state index in [-0.39, 0.29) is 6.10 Å². The van der Waals surface area contributed by atoms with E-state index in [1.807, 2.05) is 0 Å². The van der Waals surface area contributed by atoms with E-state index >= 15 is 0 Å². The number of hydrogen-bond donors (Lipinski definition) is 1. The maximum Gasteiger partial charge on any atom is 0.216 e. The van der Waals surface area contributed by atoms with Crippen molar-refractivity contribution in [1.82, 2.24) is 4.72 Å². The maximum absolute atomic E-state index is 11.1. The van der Waals surface area contributed by atoms with Gasteiger partial charge in [0, 0.05) is 7.11 Å². The molecule has 0 aliphatic carbocycles. The summed E-state index contributed by atoms with van der Waals surface area (Å²) >= 11 is 0. The van der Waals surface area contributed by atoms with E-state index < -0.39 is 15.3 Å². The first-order chi connectivity index (χ1) is 4.95. The summed E-state index contributed by atoms with van der Waals surface area (Å²) in [7, 11) is -0.295. The first kappa shape index (κ1) is 10.9. The van der Waals surface area contributed by atoms with Crippen molar-refractivity contribution < 1.29 is 13.2 Å². The average molecular weight is 181 g/mol. The smallest absolute Gasteiger partial charge is 0.216 e. The van der Waals surface area contributed by atoms with Crippen LogP contribution in [0.1, 0.15) is 13.8 Å². The van der Waals surface area contributed by atoms with Crippen LogP contribution in [0, 0.1) is 0 Å². The molecule has 11 heavy (non-hydrogen) atoms. The van der Waals surface area contributed by atoms with Crippen LogP contribution in [0.15, 0.2) is 0 Å². The van der Waals surface area contributed by atoms with E-state index in [1.165, 1.54) is 14.2 Å². The Balaban J connectivity index is 4.36. The second-order valence-electron chi connectivity index (χ2n) is 2.40. The van der Waals surface area contributed by atoms with Crippen LogP contribution in [0.3, 0.4) is 0 Å². The SMILES string of the molecule is CNS(=O)(=O)C(C)C(C)OC. The summed E-state index contributed by atoms with van der Waals surface area (Å²) in [5.41, 5.74) is 0. The molecule has 0 spiro atoms. The first-order valence-electron chi connectivity index (χ1n) is 3.41. The normalized spacial score (nSPS) is 17.8. The standard InChI is InChI=1S/C6H15NO3S/c1-5(10-4)6(2)11(8,9)7-3/h5-7H,1-4H3. The second-order valence-corrected chi connectivity index (χ2v) is 4.64. The van der Waals surface area contributed by atoms with Gasteiger partial charge in [0.1, 0.15) is 0 Å². The van der Waals surface area contributed by atoms with Gasteiger partial charge in [0.25, 0.3) is 0 Å². The summed E-state index contributed by atoms with van der Waals surface area (Å²) in [5.74, 6) is 0. The van der Waals surface area contributed by atoms with Gasteiger partial charge in [0.2, 0.25) is 10.0 Å². The zero-order valence-corrected chi connectivity index (χ0v) is 8.10. The maximum atomic E-state index is 11.1. The van der Waals surface area contributed by atoms with Crippen LogP contribution in [-0.2, 0) is 14.8 Å². The minimum atomic E-state index is -3.18. The van der Waals surface area contributed by atoms with Gasteiger partial charge in [-0.05, 0) is 20.9 Å². The van der Waals surface area contributed by atoms with E-state index in [4.69, 9.17) is 4.74 Å². The van der Waals surface area contributed by atoms with Crippen LogP contribution < -0.4 is 4.72 Å². The Bertz CT molecular complexity index is 200. The van der Waals surface area contributed by atoms with Gasteiger partial charge < -0.3 is 4.74 Å². The lowest BCUT2D eigenvalue weighted by Gasteiger charge is -2.17. The third kappa shape index (κ3) is 2.76. The zero-order chi connectivity index (χ0) is 9.07.